The molecule has 2 heteroatoms. The Bertz CT molecular complexity index is 287. The first kappa shape index (κ1) is 11.2. The molecule has 0 fully saturated rings. The summed E-state index contributed by atoms with van der Waals surface area (Å²) in [6.45, 7) is 7.45. The molecule has 1 rings (SSSR count). The van der Waals surface area contributed by atoms with E-state index in [-0.39, 0.29) is 0 Å². The Morgan fingerprint density at radius 3 is 2.57 bits per heavy atom. The van der Waals surface area contributed by atoms with Gasteiger partial charge >= 0.3 is 0 Å². The van der Waals surface area contributed by atoms with E-state index >= 15 is 0 Å². The molecule has 0 atom stereocenters. The number of nitrogens with zero attached hydrogens (tertiary/aromatic N) is 1. The summed E-state index contributed by atoms with van der Waals surface area (Å²) in [4.78, 5) is 4.14. The lowest BCUT2D eigenvalue weighted by Crippen LogP contribution is -2.13. The van der Waals surface area contributed by atoms with Crippen LogP contribution in [0.15, 0.2) is 18.5 Å². The predicted octanol–water partition coefficient (Wildman–Crippen LogP) is 2.17. The summed E-state index contributed by atoms with van der Waals surface area (Å²) in [6.07, 6.45) is 5.82. The number of hydrogen-bond acceptors (Lipinski definition) is 2. The Balaban J connectivity index is 2.84. The lowest BCUT2D eigenvalue weighted by Gasteiger charge is -2.20. The van der Waals surface area contributed by atoms with Gasteiger partial charge in [-0.25, -0.2) is 0 Å². The number of nitrogens with two attached hydrogens (primary N) is 1. The molecule has 0 aromatic carbocycles. The highest BCUT2D eigenvalue weighted by Gasteiger charge is 2.13. The van der Waals surface area contributed by atoms with Crippen LogP contribution in [-0.2, 0) is 12.8 Å². The van der Waals surface area contributed by atoms with Crippen LogP contribution in [-0.4, -0.2) is 11.5 Å². The maximum absolute atomic E-state index is 5.57. The molecule has 0 bridgehead atoms. The highest BCUT2D eigenvalue weighted by atomic mass is 14.6. The molecule has 0 aliphatic rings. The van der Waals surface area contributed by atoms with Gasteiger partial charge in [0, 0.05) is 12.4 Å². The number of aromatic nitrogens is 1. The third kappa shape index (κ3) is 3.46. The highest BCUT2D eigenvalue weighted by molar-refractivity contribution is 5.24. The van der Waals surface area contributed by atoms with Gasteiger partial charge in [0.25, 0.3) is 0 Å². The normalized spacial score (nSPS) is 11.7. The molecule has 0 amide bonds. The predicted molar refractivity (Wildman–Crippen MR) is 60.2 cm³/mol. The van der Waals surface area contributed by atoms with Gasteiger partial charge < -0.3 is 5.73 Å². The molecule has 0 aliphatic carbocycles. The van der Waals surface area contributed by atoms with Gasteiger partial charge in [-0.1, -0.05) is 20.8 Å². The smallest absolute Gasteiger partial charge is 0.0303 e. The van der Waals surface area contributed by atoms with Gasteiger partial charge in [-0.3, -0.25) is 4.98 Å². The summed E-state index contributed by atoms with van der Waals surface area (Å²) in [5.74, 6) is 0. The Kier molecular flexibility index (Phi) is 3.64. The van der Waals surface area contributed by atoms with Crippen LogP contribution in [0.4, 0.5) is 0 Å². The van der Waals surface area contributed by atoms with Crippen LogP contribution in [0, 0.1) is 5.41 Å². The van der Waals surface area contributed by atoms with E-state index in [2.05, 4.69) is 31.8 Å². The molecule has 1 heterocycles. The van der Waals surface area contributed by atoms with E-state index < -0.39 is 0 Å². The van der Waals surface area contributed by atoms with Crippen LogP contribution in [0.3, 0.4) is 0 Å². The molecule has 2 nitrogen and oxygen atoms in total. The summed E-state index contributed by atoms with van der Waals surface area (Å²) in [5.41, 5.74) is 8.57. The second-order valence-corrected chi connectivity index (χ2v) is 4.92. The molecule has 1 aromatic heterocycles. The van der Waals surface area contributed by atoms with Crippen LogP contribution in [0.1, 0.15) is 31.9 Å². The second kappa shape index (κ2) is 4.56. The Morgan fingerprint density at radius 2 is 2.00 bits per heavy atom. The third-order valence-corrected chi connectivity index (χ3v) is 2.14. The Morgan fingerprint density at radius 1 is 1.29 bits per heavy atom. The van der Waals surface area contributed by atoms with Gasteiger partial charge in [0.15, 0.2) is 0 Å². The fourth-order valence-corrected chi connectivity index (χ4v) is 1.58. The first-order valence-corrected chi connectivity index (χ1v) is 5.15. The molecule has 2 N–H and O–H groups in total. The van der Waals surface area contributed by atoms with Crippen molar-refractivity contribution in [1.82, 2.24) is 4.98 Å². The van der Waals surface area contributed by atoms with Crippen molar-refractivity contribution in [3.05, 3.63) is 29.6 Å². The maximum Gasteiger partial charge on any atom is 0.0303 e. The van der Waals surface area contributed by atoms with E-state index in [0.717, 1.165) is 12.8 Å². The zero-order chi connectivity index (χ0) is 10.6. The first-order chi connectivity index (χ1) is 6.53. The average Bonchev–Trinajstić information content (AvgIpc) is 2.06. The summed E-state index contributed by atoms with van der Waals surface area (Å²) < 4.78 is 0. The number of rotatable bonds is 3. The quantitative estimate of drug-likeness (QED) is 0.797. The van der Waals surface area contributed by atoms with E-state index in [9.17, 15) is 0 Å². The molecule has 0 saturated heterocycles. The molecular weight excluding hydrogens is 172 g/mol. The van der Waals surface area contributed by atoms with Crippen molar-refractivity contribution in [3.8, 4) is 0 Å². The van der Waals surface area contributed by atoms with E-state index in [1.165, 1.54) is 11.1 Å². The topological polar surface area (TPSA) is 38.9 Å². The van der Waals surface area contributed by atoms with Gasteiger partial charge in [0.05, 0.1) is 0 Å². The molecule has 0 aliphatic heterocycles. The fraction of sp³-hybridized carbons (Fsp3) is 0.583. The van der Waals surface area contributed by atoms with Crippen LogP contribution in [0.25, 0.3) is 0 Å². The molecule has 1 aromatic rings. The molecule has 0 unspecified atom stereocenters. The monoisotopic (exact) mass is 192 g/mol. The minimum Gasteiger partial charge on any atom is -0.330 e. The van der Waals surface area contributed by atoms with Crippen LogP contribution in [0.2, 0.25) is 0 Å². The first-order valence-electron chi connectivity index (χ1n) is 5.15. The van der Waals surface area contributed by atoms with E-state index in [0.29, 0.717) is 12.0 Å². The molecule has 0 radical (unpaired) electrons. The van der Waals surface area contributed by atoms with Crippen LogP contribution in [0.5, 0.6) is 0 Å². The summed E-state index contributed by atoms with van der Waals surface area (Å²) in [6, 6.07) is 2.11. The van der Waals surface area contributed by atoms with Gasteiger partial charge in [-0.15, -0.1) is 0 Å². The zero-order valence-electron chi connectivity index (χ0n) is 9.38. The van der Waals surface area contributed by atoms with E-state index in [1.54, 1.807) is 0 Å². The van der Waals surface area contributed by atoms with Crippen molar-refractivity contribution < 1.29 is 0 Å². The summed E-state index contributed by atoms with van der Waals surface area (Å²) in [7, 11) is 0. The SMILES string of the molecule is CC(C)(C)Cc1ccncc1CCN. The van der Waals surface area contributed by atoms with E-state index in [1.807, 2.05) is 12.4 Å². The van der Waals surface area contributed by atoms with Crippen molar-refractivity contribution >= 4 is 0 Å². The van der Waals surface area contributed by atoms with Gasteiger partial charge in [0.2, 0.25) is 0 Å². The standard InChI is InChI=1S/C12H20N2/c1-12(2,3)8-10-5-7-14-9-11(10)4-6-13/h5,7,9H,4,6,8,13H2,1-3H3. The van der Waals surface area contributed by atoms with Crippen molar-refractivity contribution in [2.24, 2.45) is 11.1 Å². The van der Waals surface area contributed by atoms with Gasteiger partial charge in [-0.05, 0) is 42.0 Å². The lowest BCUT2D eigenvalue weighted by molar-refractivity contribution is 0.409. The number of pyridine rings is 1. The van der Waals surface area contributed by atoms with Gasteiger partial charge in [0.1, 0.15) is 0 Å². The molecular formula is C12H20N2. The van der Waals surface area contributed by atoms with Crippen molar-refractivity contribution in [1.29, 1.82) is 0 Å². The number of hydrogen-bond donors (Lipinski definition) is 1. The summed E-state index contributed by atoms with van der Waals surface area (Å²) >= 11 is 0. The maximum atomic E-state index is 5.57. The van der Waals surface area contributed by atoms with Gasteiger partial charge in [-0.2, -0.15) is 0 Å². The second-order valence-electron chi connectivity index (χ2n) is 4.92. The minimum absolute atomic E-state index is 0.324. The molecule has 14 heavy (non-hydrogen) atoms. The Hall–Kier alpha value is -0.890. The van der Waals surface area contributed by atoms with Crippen molar-refractivity contribution in [2.45, 2.75) is 33.6 Å². The summed E-state index contributed by atoms with van der Waals surface area (Å²) in [5, 5.41) is 0. The Labute approximate surface area is 86.5 Å². The average molecular weight is 192 g/mol. The fourth-order valence-electron chi connectivity index (χ4n) is 1.58. The largest absolute Gasteiger partial charge is 0.330 e. The minimum atomic E-state index is 0.324. The zero-order valence-corrected chi connectivity index (χ0v) is 9.38. The van der Waals surface area contributed by atoms with Crippen molar-refractivity contribution in [2.75, 3.05) is 6.54 Å². The highest BCUT2D eigenvalue weighted by Crippen LogP contribution is 2.22. The van der Waals surface area contributed by atoms with E-state index in [4.69, 9.17) is 5.73 Å². The lowest BCUT2D eigenvalue weighted by atomic mass is 9.86. The molecule has 78 valence electrons. The third-order valence-electron chi connectivity index (χ3n) is 2.14. The van der Waals surface area contributed by atoms with Crippen LogP contribution < -0.4 is 5.73 Å². The molecule has 0 saturated carbocycles. The van der Waals surface area contributed by atoms with Crippen LogP contribution >= 0.6 is 0 Å². The van der Waals surface area contributed by atoms with Crippen molar-refractivity contribution in [3.63, 3.8) is 0 Å². The molecule has 0 spiro atoms.